The van der Waals surface area contributed by atoms with Gasteiger partial charge >= 0.3 is 0 Å². The van der Waals surface area contributed by atoms with E-state index in [-0.39, 0.29) is 5.91 Å². The number of para-hydroxylation sites is 3. The molecular formula is C24H24N6O. The van der Waals surface area contributed by atoms with Crippen LogP contribution in [0.25, 0.3) is 16.7 Å². The number of piperazine rings is 1. The van der Waals surface area contributed by atoms with Crippen molar-refractivity contribution >= 4 is 22.9 Å². The van der Waals surface area contributed by atoms with Crippen LogP contribution in [0, 0.1) is 0 Å². The maximum Gasteiger partial charge on any atom is 0.225 e. The van der Waals surface area contributed by atoms with E-state index in [0.29, 0.717) is 25.9 Å². The summed E-state index contributed by atoms with van der Waals surface area (Å²) in [4.78, 5) is 30.4. The maximum absolute atomic E-state index is 12.9. The zero-order valence-corrected chi connectivity index (χ0v) is 17.3. The Labute approximate surface area is 181 Å². The number of carbonyl (C=O) groups excluding carboxylic acids is 1. The Morgan fingerprint density at radius 1 is 0.839 bits per heavy atom. The molecule has 1 aliphatic rings. The lowest BCUT2D eigenvalue weighted by Gasteiger charge is -2.34. The third kappa shape index (κ3) is 3.99. The van der Waals surface area contributed by atoms with Gasteiger partial charge in [0.1, 0.15) is 5.82 Å². The van der Waals surface area contributed by atoms with Crippen LogP contribution in [-0.2, 0) is 11.2 Å². The average molecular weight is 412 g/mol. The first-order chi connectivity index (χ1) is 15.3. The lowest BCUT2D eigenvalue weighted by molar-refractivity contribution is -0.131. The quantitative estimate of drug-likeness (QED) is 0.504. The Kier molecular flexibility index (Phi) is 5.31. The highest BCUT2D eigenvalue weighted by molar-refractivity contribution is 5.79. The van der Waals surface area contributed by atoms with E-state index in [2.05, 4.69) is 37.6 Å². The molecule has 0 N–H and O–H groups in total. The van der Waals surface area contributed by atoms with Gasteiger partial charge in [-0.15, -0.1) is 0 Å². The molecule has 31 heavy (non-hydrogen) atoms. The molecule has 0 radical (unpaired) electrons. The van der Waals surface area contributed by atoms with E-state index >= 15 is 0 Å². The fourth-order valence-electron chi connectivity index (χ4n) is 4.10. The molecule has 7 heteroatoms. The first-order valence-corrected chi connectivity index (χ1v) is 10.6. The molecule has 1 amide bonds. The number of rotatable bonds is 5. The Morgan fingerprint density at radius 3 is 2.32 bits per heavy atom. The molecule has 1 fully saturated rings. The number of fused-ring (bicyclic) bond motifs is 1. The molecule has 0 atom stereocenters. The van der Waals surface area contributed by atoms with Crippen LogP contribution >= 0.6 is 0 Å². The van der Waals surface area contributed by atoms with E-state index in [4.69, 9.17) is 4.98 Å². The van der Waals surface area contributed by atoms with Crippen molar-refractivity contribution < 1.29 is 4.79 Å². The number of nitrogens with zero attached hydrogens (tertiary/aromatic N) is 6. The summed E-state index contributed by atoms with van der Waals surface area (Å²) in [5.41, 5.74) is 3.08. The van der Waals surface area contributed by atoms with Gasteiger partial charge in [0.15, 0.2) is 0 Å². The first kappa shape index (κ1) is 19.2. The van der Waals surface area contributed by atoms with Crippen molar-refractivity contribution in [2.75, 3.05) is 31.1 Å². The summed E-state index contributed by atoms with van der Waals surface area (Å²) in [5.74, 6) is 1.81. The van der Waals surface area contributed by atoms with Gasteiger partial charge in [0.25, 0.3) is 0 Å². The molecule has 0 bridgehead atoms. The molecular weight excluding hydrogens is 388 g/mol. The van der Waals surface area contributed by atoms with Gasteiger partial charge in [-0.05, 0) is 30.3 Å². The van der Waals surface area contributed by atoms with Crippen molar-refractivity contribution in [1.82, 2.24) is 24.4 Å². The van der Waals surface area contributed by atoms with Crippen LogP contribution < -0.4 is 4.90 Å². The predicted molar refractivity (Wildman–Crippen MR) is 120 cm³/mol. The molecule has 0 spiro atoms. The van der Waals surface area contributed by atoms with Gasteiger partial charge in [0.05, 0.1) is 11.0 Å². The summed E-state index contributed by atoms with van der Waals surface area (Å²) in [6.45, 7) is 2.87. The van der Waals surface area contributed by atoms with Crippen molar-refractivity contribution in [1.29, 1.82) is 0 Å². The highest BCUT2D eigenvalue weighted by atomic mass is 16.2. The highest BCUT2D eigenvalue weighted by Gasteiger charge is 2.23. The monoisotopic (exact) mass is 412 g/mol. The number of imidazole rings is 1. The summed E-state index contributed by atoms with van der Waals surface area (Å²) in [5, 5.41) is 0. The molecule has 156 valence electrons. The number of aryl methyl sites for hydroxylation is 1. The fraction of sp³-hybridized carbons (Fsp3) is 0.250. The smallest absolute Gasteiger partial charge is 0.225 e. The summed E-state index contributed by atoms with van der Waals surface area (Å²) < 4.78 is 2.16. The standard InChI is InChI=1S/C24H24N6O/c31-23(28-15-17-29(18-16-28)24-25-13-6-14-26-24)12-11-22-27-20-9-4-5-10-21(20)30(22)19-7-2-1-3-8-19/h1-10,13-14H,11-12,15-18H2. The lowest BCUT2D eigenvalue weighted by atomic mass is 10.2. The van der Waals surface area contributed by atoms with E-state index in [1.54, 1.807) is 12.4 Å². The van der Waals surface area contributed by atoms with Crippen LogP contribution in [0.1, 0.15) is 12.2 Å². The van der Waals surface area contributed by atoms with Crippen molar-refractivity contribution in [3.05, 3.63) is 78.9 Å². The van der Waals surface area contributed by atoms with E-state index in [0.717, 1.165) is 41.6 Å². The average Bonchev–Trinajstić information content (AvgIpc) is 3.22. The van der Waals surface area contributed by atoms with E-state index < -0.39 is 0 Å². The molecule has 0 unspecified atom stereocenters. The Balaban J connectivity index is 1.28. The van der Waals surface area contributed by atoms with Crippen molar-refractivity contribution in [3.63, 3.8) is 0 Å². The first-order valence-electron chi connectivity index (χ1n) is 10.6. The minimum atomic E-state index is 0.167. The predicted octanol–water partition coefficient (Wildman–Crippen LogP) is 3.10. The second kappa shape index (κ2) is 8.55. The Bertz CT molecular complexity index is 1170. The van der Waals surface area contributed by atoms with Gasteiger partial charge < -0.3 is 9.80 Å². The van der Waals surface area contributed by atoms with Gasteiger partial charge in [-0.1, -0.05) is 30.3 Å². The highest BCUT2D eigenvalue weighted by Crippen LogP contribution is 2.22. The number of hydrogen-bond acceptors (Lipinski definition) is 5. The van der Waals surface area contributed by atoms with Gasteiger partial charge in [0.2, 0.25) is 11.9 Å². The van der Waals surface area contributed by atoms with Crippen LogP contribution in [0.3, 0.4) is 0 Å². The second-order valence-corrected chi connectivity index (χ2v) is 7.60. The molecule has 7 nitrogen and oxygen atoms in total. The number of hydrogen-bond donors (Lipinski definition) is 0. The summed E-state index contributed by atoms with van der Waals surface area (Å²) >= 11 is 0. The number of benzene rings is 2. The van der Waals surface area contributed by atoms with Crippen molar-refractivity contribution in [2.45, 2.75) is 12.8 Å². The zero-order chi connectivity index (χ0) is 21.0. The summed E-state index contributed by atoms with van der Waals surface area (Å²) in [6, 6.07) is 20.1. The van der Waals surface area contributed by atoms with Gasteiger partial charge in [-0.2, -0.15) is 0 Å². The van der Waals surface area contributed by atoms with E-state index in [1.165, 1.54) is 0 Å². The maximum atomic E-state index is 12.9. The van der Waals surface area contributed by atoms with Gasteiger partial charge in [-0.3, -0.25) is 9.36 Å². The van der Waals surface area contributed by atoms with Crippen LogP contribution in [0.2, 0.25) is 0 Å². The van der Waals surface area contributed by atoms with E-state index in [9.17, 15) is 4.79 Å². The molecule has 4 aromatic rings. The molecule has 0 saturated carbocycles. The van der Waals surface area contributed by atoms with Crippen LogP contribution in [0.15, 0.2) is 73.1 Å². The number of aromatic nitrogens is 4. The van der Waals surface area contributed by atoms with Gasteiger partial charge in [-0.25, -0.2) is 15.0 Å². The third-order valence-electron chi connectivity index (χ3n) is 5.67. The van der Waals surface area contributed by atoms with Crippen LogP contribution in [0.5, 0.6) is 0 Å². The molecule has 0 aliphatic carbocycles. The fourth-order valence-corrected chi connectivity index (χ4v) is 4.10. The van der Waals surface area contributed by atoms with Crippen LogP contribution in [-0.4, -0.2) is 56.5 Å². The molecule has 2 aromatic heterocycles. The third-order valence-corrected chi connectivity index (χ3v) is 5.67. The number of amides is 1. The van der Waals surface area contributed by atoms with Crippen molar-refractivity contribution in [3.8, 4) is 5.69 Å². The minimum absolute atomic E-state index is 0.167. The largest absolute Gasteiger partial charge is 0.339 e. The topological polar surface area (TPSA) is 67.2 Å². The van der Waals surface area contributed by atoms with Crippen LogP contribution in [0.4, 0.5) is 5.95 Å². The SMILES string of the molecule is O=C(CCc1nc2ccccc2n1-c1ccccc1)N1CCN(c2ncccn2)CC1. The molecule has 1 saturated heterocycles. The minimum Gasteiger partial charge on any atom is -0.339 e. The van der Waals surface area contributed by atoms with Gasteiger partial charge in [0, 0.05) is 57.1 Å². The number of anilines is 1. The molecule has 3 heterocycles. The number of carbonyl (C=O) groups is 1. The normalized spacial score (nSPS) is 14.2. The molecule has 5 rings (SSSR count). The Morgan fingerprint density at radius 2 is 1.55 bits per heavy atom. The summed E-state index contributed by atoms with van der Waals surface area (Å²) in [7, 11) is 0. The zero-order valence-electron chi connectivity index (χ0n) is 17.3. The lowest BCUT2D eigenvalue weighted by Crippen LogP contribution is -2.49. The van der Waals surface area contributed by atoms with E-state index in [1.807, 2.05) is 47.4 Å². The molecule has 2 aromatic carbocycles. The molecule has 1 aliphatic heterocycles. The second-order valence-electron chi connectivity index (χ2n) is 7.60. The van der Waals surface area contributed by atoms with Crippen molar-refractivity contribution in [2.24, 2.45) is 0 Å². The summed E-state index contributed by atoms with van der Waals surface area (Å²) in [6.07, 6.45) is 4.54. The Hall–Kier alpha value is -3.74.